The van der Waals surface area contributed by atoms with Gasteiger partial charge in [0.2, 0.25) is 5.65 Å². The van der Waals surface area contributed by atoms with Gasteiger partial charge in [-0.3, -0.25) is 4.40 Å². The van der Waals surface area contributed by atoms with Crippen LogP contribution in [0.3, 0.4) is 0 Å². The lowest BCUT2D eigenvalue weighted by Gasteiger charge is -2.07. The molecule has 2 aromatic rings. The molecule has 2 aromatic heterocycles. The highest BCUT2D eigenvalue weighted by molar-refractivity contribution is 5.61. The Morgan fingerprint density at radius 2 is 2.31 bits per heavy atom. The molecule has 0 spiro atoms. The summed E-state index contributed by atoms with van der Waals surface area (Å²) in [5, 5.41) is 11.3. The summed E-state index contributed by atoms with van der Waals surface area (Å²) in [5.41, 5.74) is 6.43. The zero-order chi connectivity index (χ0) is 11.5. The molecular weight excluding hydrogens is 204 g/mol. The van der Waals surface area contributed by atoms with E-state index in [2.05, 4.69) is 20.5 Å². The molecule has 0 fully saturated rings. The van der Waals surface area contributed by atoms with Gasteiger partial charge in [-0.25, -0.2) is 4.98 Å². The van der Waals surface area contributed by atoms with Crippen LogP contribution >= 0.6 is 0 Å². The molecule has 86 valence electrons. The number of hydrogen-bond acceptors (Lipinski definition) is 5. The van der Waals surface area contributed by atoms with Gasteiger partial charge < -0.3 is 11.1 Å². The van der Waals surface area contributed by atoms with Crippen molar-refractivity contribution >= 4 is 11.5 Å². The molecule has 2 heterocycles. The molecule has 0 bridgehead atoms. The molecule has 6 nitrogen and oxygen atoms in total. The third-order valence-corrected chi connectivity index (χ3v) is 2.39. The molecule has 0 aromatic carbocycles. The van der Waals surface area contributed by atoms with Gasteiger partial charge in [-0.15, -0.1) is 10.2 Å². The van der Waals surface area contributed by atoms with Gasteiger partial charge in [-0.05, 0) is 20.3 Å². The summed E-state index contributed by atoms with van der Waals surface area (Å²) < 4.78 is 1.90. The second kappa shape index (κ2) is 4.44. The summed E-state index contributed by atoms with van der Waals surface area (Å²) >= 11 is 0. The number of rotatable bonds is 4. The Hall–Kier alpha value is -1.69. The summed E-state index contributed by atoms with van der Waals surface area (Å²) in [5.74, 6) is 1.61. The third-order valence-electron chi connectivity index (χ3n) is 2.39. The maximum Gasteiger partial charge on any atom is 0.203 e. The van der Waals surface area contributed by atoms with Crippen LogP contribution in [0, 0.1) is 6.92 Å². The maximum absolute atomic E-state index is 5.68. The van der Waals surface area contributed by atoms with E-state index in [1.807, 2.05) is 24.4 Å². The average Bonchev–Trinajstić information content (AvgIpc) is 2.61. The third kappa shape index (κ3) is 2.11. The van der Waals surface area contributed by atoms with Crippen molar-refractivity contribution in [2.45, 2.75) is 26.3 Å². The van der Waals surface area contributed by atoms with Crippen molar-refractivity contribution in [2.24, 2.45) is 5.73 Å². The number of fused-ring (bicyclic) bond motifs is 1. The Labute approximate surface area is 93.9 Å². The van der Waals surface area contributed by atoms with Crippen LogP contribution in [0.25, 0.3) is 5.65 Å². The van der Waals surface area contributed by atoms with Crippen molar-refractivity contribution in [3.8, 4) is 0 Å². The van der Waals surface area contributed by atoms with E-state index in [0.717, 1.165) is 30.3 Å². The molecule has 1 atom stereocenters. The van der Waals surface area contributed by atoms with Crippen LogP contribution in [-0.2, 0) is 0 Å². The van der Waals surface area contributed by atoms with Gasteiger partial charge in [0.05, 0.1) is 0 Å². The largest absolute Gasteiger partial charge is 0.367 e. The molecule has 0 saturated heterocycles. The highest BCUT2D eigenvalue weighted by Gasteiger charge is 2.06. The minimum atomic E-state index is 0.187. The fraction of sp³-hybridized carbons (Fsp3) is 0.500. The van der Waals surface area contributed by atoms with Crippen molar-refractivity contribution in [3.05, 3.63) is 18.2 Å². The summed E-state index contributed by atoms with van der Waals surface area (Å²) in [6.45, 7) is 4.68. The second-order valence-corrected chi connectivity index (χ2v) is 3.91. The Morgan fingerprint density at radius 1 is 1.50 bits per heavy atom. The lowest BCUT2D eigenvalue weighted by Crippen LogP contribution is -2.19. The van der Waals surface area contributed by atoms with Crippen LogP contribution in [0.5, 0.6) is 0 Å². The molecule has 2 rings (SSSR count). The van der Waals surface area contributed by atoms with E-state index < -0.39 is 0 Å². The summed E-state index contributed by atoms with van der Waals surface area (Å²) in [6, 6.07) is 0.187. The normalized spacial score (nSPS) is 12.9. The number of anilines is 1. The number of nitrogens with two attached hydrogens (primary N) is 1. The smallest absolute Gasteiger partial charge is 0.203 e. The van der Waals surface area contributed by atoms with Gasteiger partial charge in [0, 0.05) is 25.0 Å². The van der Waals surface area contributed by atoms with E-state index in [-0.39, 0.29) is 6.04 Å². The standard InChI is InChI=1S/C10H16N6/c1-7(11)3-4-12-9-10-15-14-8(2)16(10)6-5-13-9/h5-7H,3-4,11H2,1-2H3,(H,12,13). The topological polar surface area (TPSA) is 81.1 Å². The summed E-state index contributed by atoms with van der Waals surface area (Å²) in [6.07, 6.45) is 4.48. The molecule has 0 amide bonds. The highest BCUT2D eigenvalue weighted by Crippen LogP contribution is 2.11. The first-order valence-corrected chi connectivity index (χ1v) is 5.34. The van der Waals surface area contributed by atoms with Gasteiger partial charge in [-0.2, -0.15) is 0 Å². The van der Waals surface area contributed by atoms with E-state index in [9.17, 15) is 0 Å². The number of aromatic nitrogens is 4. The second-order valence-electron chi connectivity index (χ2n) is 3.91. The predicted molar refractivity (Wildman–Crippen MR) is 62.3 cm³/mol. The van der Waals surface area contributed by atoms with Crippen molar-refractivity contribution in [2.75, 3.05) is 11.9 Å². The van der Waals surface area contributed by atoms with E-state index in [1.165, 1.54) is 0 Å². The zero-order valence-electron chi connectivity index (χ0n) is 9.51. The molecule has 0 saturated carbocycles. The molecule has 0 aliphatic heterocycles. The number of hydrogen-bond donors (Lipinski definition) is 2. The Kier molecular flexibility index (Phi) is 3.00. The van der Waals surface area contributed by atoms with Crippen molar-refractivity contribution in [1.29, 1.82) is 0 Å². The fourth-order valence-corrected chi connectivity index (χ4v) is 1.48. The number of nitrogens with one attached hydrogen (secondary N) is 1. The fourth-order valence-electron chi connectivity index (χ4n) is 1.48. The van der Waals surface area contributed by atoms with Crippen LogP contribution in [0.15, 0.2) is 12.4 Å². The zero-order valence-corrected chi connectivity index (χ0v) is 9.51. The lowest BCUT2D eigenvalue weighted by molar-refractivity contribution is 0.689. The van der Waals surface area contributed by atoms with Crippen LogP contribution in [0.4, 0.5) is 5.82 Å². The predicted octanol–water partition coefficient (Wildman–Crippen LogP) is 0.582. The van der Waals surface area contributed by atoms with E-state index in [1.54, 1.807) is 6.20 Å². The van der Waals surface area contributed by atoms with Crippen molar-refractivity contribution in [1.82, 2.24) is 19.6 Å². The lowest BCUT2D eigenvalue weighted by atomic mass is 10.2. The Morgan fingerprint density at radius 3 is 3.06 bits per heavy atom. The SMILES string of the molecule is Cc1nnc2c(NCCC(C)N)nccn12. The molecule has 16 heavy (non-hydrogen) atoms. The van der Waals surface area contributed by atoms with Crippen molar-refractivity contribution in [3.63, 3.8) is 0 Å². The minimum Gasteiger partial charge on any atom is -0.367 e. The first kappa shape index (κ1) is 10.8. The van der Waals surface area contributed by atoms with Gasteiger partial charge >= 0.3 is 0 Å². The van der Waals surface area contributed by atoms with Gasteiger partial charge in [-0.1, -0.05) is 0 Å². The van der Waals surface area contributed by atoms with E-state index in [4.69, 9.17) is 5.73 Å². The number of aryl methyl sites for hydroxylation is 1. The number of nitrogens with zero attached hydrogens (tertiary/aromatic N) is 4. The van der Waals surface area contributed by atoms with Crippen molar-refractivity contribution < 1.29 is 0 Å². The first-order chi connectivity index (χ1) is 7.68. The maximum atomic E-state index is 5.68. The van der Waals surface area contributed by atoms with Crippen LogP contribution in [0.2, 0.25) is 0 Å². The quantitative estimate of drug-likeness (QED) is 0.787. The van der Waals surface area contributed by atoms with Gasteiger partial charge in [0.15, 0.2) is 5.82 Å². The molecule has 6 heteroatoms. The van der Waals surface area contributed by atoms with Gasteiger partial charge in [0.25, 0.3) is 0 Å². The molecule has 1 unspecified atom stereocenters. The van der Waals surface area contributed by atoms with E-state index in [0.29, 0.717) is 0 Å². The monoisotopic (exact) mass is 220 g/mol. The van der Waals surface area contributed by atoms with Crippen LogP contribution in [-0.4, -0.2) is 32.2 Å². The Bertz CT molecular complexity index is 475. The minimum absolute atomic E-state index is 0.187. The molecule has 0 radical (unpaired) electrons. The van der Waals surface area contributed by atoms with E-state index >= 15 is 0 Å². The summed E-state index contributed by atoms with van der Waals surface area (Å²) in [4.78, 5) is 4.24. The van der Waals surface area contributed by atoms with Crippen LogP contribution in [0.1, 0.15) is 19.2 Å². The molecule has 3 N–H and O–H groups in total. The van der Waals surface area contributed by atoms with Crippen LogP contribution < -0.4 is 11.1 Å². The Balaban J connectivity index is 2.17. The average molecular weight is 220 g/mol. The molecule has 0 aliphatic carbocycles. The molecule has 0 aliphatic rings. The molecular formula is C10H16N6. The van der Waals surface area contributed by atoms with Gasteiger partial charge in [0.1, 0.15) is 5.82 Å². The summed E-state index contributed by atoms with van der Waals surface area (Å²) in [7, 11) is 0. The first-order valence-electron chi connectivity index (χ1n) is 5.34. The highest BCUT2D eigenvalue weighted by atomic mass is 15.3.